The molecule has 0 saturated heterocycles. The summed E-state index contributed by atoms with van der Waals surface area (Å²) in [5.41, 5.74) is 2.10. The number of aryl methyl sites for hydroxylation is 1. The van der Waals surface area contributed by atoms with Crippen molar-refractivity contribution in [3.8, 4) is 11.1 Å². The maximum atomic E-state index is 14.6. The van der Waals surface area contributed by atoms with Crippen LogP contribution in [0.15, 0.2) is 30.3 Å². The Balaban J connectivity index is 1.61. The largest absolute Gasteiger partial charge is 0.298 e. The summed E-state index contributed by atoms with van der Waals surface area (Å²) < 4.78 is 28.6. The second kappa shape index (κ2) is 7.26. The molecule has 2 aromatic rings. The van der Waals surface area contributed by atoms with Gasteiger partial charge in [0.1, 0.15) is 5.92 Å². The molecule has 0 aliphatic heterocycles. The second-order valence-electron chi connectivity index (χ2n) is 8.95. The predicted octanol–water partition coefficient (Wildman–Crippen LogP) is 6.14. The van der Waals surface area contributed by atoms with Crippen LogP contribution >= 0.6 is 11.6 Å². The fourth-order valence-corrected chi connectivity index (χ4v) is 6.35. The van der Waals surface area contributed by atoms with E-state index in [9.17, 15) is 18.4 Å². The minimum Gasteiger partial charge on any atom is -0.298 e. The van der Waals surface area contributed by atoms with Crippen molar-refractivity contribution in [3.63, 3.8) is 0 Å². The number of benzene rings is 2. The van der Waals surface area contributed by atoms with E-state index in [0.29, 0.717) is 29.4 Å². The van der Waals surface area contributed by atoms with E-state index in [-0.39, 0.29) is 34.0 Å². The average Bonchev–Trinajstić information content (AvgIpc) is 3.05. The molecule has 5 heteroatoms. The molecule has 2 atom stereocenters. The highest BCUT2D eigenvalue weighted by molar-refractivity contribution is 6.30. The lowest BCUT2D eigenvalue weighted by molar-refractivity contribution is -0.129. The Hall–Kier alpha value is -2.07. The maximum Gasteiger partial charge on any atom is 0.178 e. The van der Waals surface area contributed by atoms with Crippen LogP contribution in [0.25, 0.3) is 11.1 Å². The zero-order valence-electron chi connectivity index (χ0n) is 16.8. The molecule has 0 N–H and O–H groups in total. The Labute approximate surface area is 179 Å². The Bertz CT molecular complexity index is 1030. The van der Waals surface area contributed by atoms with E-state index in [2.05, 4.69) is 0 Å². The number of hydrogen-bond donors (Lipinski definition) is 0. The van der Waals surface area contributed by atoms with Crippen molar-refractivity contribution < 1.29 is 18.4 Å². The molecular weight excluding hydrogens is 406 g/mol. The van der Waals surface area contributed by atoms with Gasteiger partial charge in [-0.15, -0.1) is 0 Å². The lowest BCUT2D eigenvalue weighted by atomic mass is 9.59. The molecule has 6 rings (SSSR count). The number of halogens is 3. The Morgan fingerprint density at radius 3 is 2.07 bits per heavy atom. The van der Waals surface area contributed by atoms with Crippen molar-refractivity contribution in [1.82, 2.24) is 0 Å². The third-order valence-electron chi connectivity index (χ3n) is 7.63. The van der Waals surface area contributed by atoms with Crippen LogP contribution in [0.1, 0.15) is 49.7 Å². The van der Waals surface area contributed by atoms with Crippen LogP contribution in [0.4, 0.5) is 8.78 Å². The molecule has 156 valence electrons. The maximum absolute atomic E-state index is 14.6. The summed E-state index contributed by atoms with van der Waals surface area (Å²) in [6, 6.07) is 8.01. The Morgan fingerprint density at radius 1 is 0.900 bits per heavy atom. The normalized spacial score (nSPS) is 30.1. The van der Waals surface area contributed by atoms with E-state index in [1.165, 1.54) is 12.1 Å². The fourth-order valence-electron chi connectivity index (χ4n) is 6.20. The summed E-state index contributed by atoms with van der Waals surface area (Å²) in [7, 11) is 0. The van der Waals surface area contributed by atoms with E-state index in [1.54, 1.807) is 12.1 Å². The van der Waals surface area contributed by atoms with Gasteiger partial charge in [0.2, 0.25) is 0 Å². The van der Waals surface area contributed by atoms with Gasteiger partial charge in [-0.25, -0.2) is 8.78 Å². The number of ketones is 2. The van der Waals surface area contributed by atoms with Crippen molar-refractivity contribution in [2.75, 3.05) is 0 Å². The lowest BCUT2D eigenvalue weighted by Crippen LogP contribution is -2.41. The number of rotatable bonds is 3. The molecule has 4 aliphatic carbocycles. The van der Waals surface area contributed by atoms with Gasteiger partial charge in [0.05, 0.1) is 5.02 Å². The van der Waals surface area contributed by atoms with Gasteiger partial charge in [-0.3, -0.25) is 9.59 Å². The molecule has 0 aromatic heterocycles. The lowest BCUT2D eigenvalue weighted by Gasteiger charge is -2.43. The van der Waals surface area contributed by atoms with E-state index in [4.69, 9.17) is 11.6 Å². The van der Waals surface area contributed by atoms with Crippen LogP contribution in [0, 0.1) is 35.3 Å². The molecule has 30 heavy (non-hydrogen) atoms. The van der Waals surface area contributed by atoms with Gasteiger partial charge in [0.15, 0.2) is 23.2 Å². The minimum absolute atomic E-state index is 0.0361. The summed E-state index contributed by atoms with van der Waals surface area (Å²) in [4.78, 5) is 26.9. The van der Waals surface area contributed by atoms with Crippen molar-refractivity contribution >= 4 is 23.2 Å². The molecule has 2 aromatic carbocycles. The van der Waals surface area contributed by atoms with E-state index >= 15 is 0 Å². The highest BCUT2D eigenvalue weighted by Gasteiger charge is 2.59. The molecule has 4 fully saturated rings. The predicted molar refractivity (Wildman–Crippen MR) is 111 cm³/mol. The van der Waals surface area contributed by atoms with Crippen LogP contribution < -0.4 is 0 Å². The van der Waals surface area contributed by atoms with E-state index in [0.717, 1.165) is 31.2 Å². The monoisotopic (exact) mass is 428 g/mol. The zero-order chi connectivity index (χ0) is 21.2. The standard InChI is InChI=1S/C25H23ClF2O2/c1-2-12-3-8-15(16-9-10-18(26)23(28)22(16)27)11-17(12)21-24(29)19-13-4-5-14(7-6-13)20(19)25(21)30/h3,8-11,13-14,19-21H,2,4-7H2,1H3. The van der Waals surface area contributed by atoms with Crippen LogP contribution in [0.3, 0.4) is 0 Å². The van der Waals surface area contributed by atoms with Gasteiger partial charge < -0.3 is 0 Å². The van der Waals surface area contributed by atoms with Gasteiger partial charge in [0.25, 0.3) is 0 Å². The van der Waals surface area contributed by atoms with Crippen molar-refractivity contribution in [2.45, 2.75) is 44.9 Å². The molecule has 4 aliphatic rings. The topological polar surface area (TPSA) is 34.1 Å². The molecule has 2 unspecified atom stereocenters. The number of fused-ring (bicyclic) bond motifs is 2. The van der Waals surface area contributed by atoms with Gasteiger partial charge in [-0.05, 0) is 78.8 Å². The summed E-state index contributed by atoms with van der Waals surface area (Å²) in [6.45, 7) is 1.97. The molecule has 4 saturated carbocycles. The van der Waals surface area contributed by atoms with E-state index in [1.807, 2.05) is 13.0 Å². The molecule has 2 bridgehead atoms. The SMILES string of the molecule is CCc1ccc(-c2ccc(Cl)c(F)c2F)cc1C1C(=O)C2C3CCC(CC3)C2C1=O. The molecule has 2 nitrogen and oxygen atoms in total. The number of carbonyl (C=O) groups excluding carboxylic acids is 2. The van der Waals surface area contributed by atoms with Crippen LogP contribution in [-0.4, -0.2) is 11.6 Å². The first-order chi connectivity index (χ1) is 14.4. The van der Waals surface area contributed by atoms with Crippen LogP contribution in [0.5, 0.6) is 0 Å². The number of carbonyl (C=O) groups is 2. The van der Waals surface area contributed by atoms with E-state index < -0.39 is 17.6 Å². The van der Waals surface area contributed by atoms with Crippen molar-refractivity contribution in [3.05, 3.63) is 58.1 Å². The Morgan fingerprint density at radius 2 is 1.50 bits per heavy atom. The van der Waals surface area contributed by atoms with Gasteiger partial charge in [-0.1, -0.05) is 30.7 Å². The summed E-state index contributed by atoms with van der Waals surface area (Å²) >= 11 is 5.69. The summed E-state index contributed by atoms with van der Waals surface area (Å²) in [6.07, 6.45) is 4.80. The first-order valence-corrected chi connectivity index (χ1v) is 11.1. The van der Waals surface area contributed by atoms with Crippen molar-refractivity contribution in [2.24, 2.45) is 23.7 Å². The third kappa shape index (κ3) is 2.80. The molecule has 0 heterocycles. The summed E-state index contributed by atoms with van der Waals surface area (Å²) in [5, 5.41) is -0.276. The summed E-state index contributed by atoms with van der Waals surface area (Å²) in [5.74, 6) is -2.50. The highest BCUT2D eigenvalue weighted by Crippen LogP contribution is 2.56. The van der Waals surface area contributed by atoms with Gasteiger partial charge in [0, 0.05) is 17.4 Å². The average molecular weight is 429 g/mol. The number of hydrogen-bond acceptors (Lipinski definition) is 2. The molecule has 0 spiro atoms. The number of Topliss-reactive ketones (excluding diaryl/α,β-unsaturated/α-hetero) is 2. The molecular formula is C25H23ClF2O2. The van der Waals surface area contributed by atoms with Crippen molar-refractivity contribution in [1.29, 1.82) is 0 Å². The minimum atomic E-state index is -1.09. The van der Waals surface area contributed by atoms with Gasteiger partial charge in [-0.2, -0.15) is 0 Å². The Kier molecular flexibility index (Phi) is 4.81. The van der Waals surface area contributed by atoms with Crippen LogP contribution in [0.2, 0.25) is 5.02 Å². The first kappa shape index (κ1) is 19.9. The second-order valence-corrected chi connectivity index (χ2v) is 9.36. The molecule has 0 radical (unpaired) electrons. The third-order valence-corrected chi connectivity index (χ3v) is 7.92. The highest BCUT2D eigenvalue weighted by atomic mass is 35.5. The van der Waals surface area contributed by atoms with Crippen LogP contribution in [-0.2, 0) is 16.0 Å². The smallest absolute Gasteiger partial charge is 0.178 e. The molecule has 0 amide bonds. The fraction of sp³-hybridized carbons (Fsp3) is 0.440. The first-order valence-electron chi connectivity index (χ1n) is 10.8. The quantitative estimate of drug-likeness (QED) is 0.435. The van der Waals surface area contributed by atoms with Gasteiger partial charge >= 0.3 is 0 Å². The zero-order valence-corrected chi connectivity index (χ0v) is 17.5.